The quantitative estimate of drug-likeness (QED) is 0.821. The minimum Gasteiger partial charge on any atom is -0.461 e. The van der Waals surface area contributed by atoms with Crippen LogP contribution in [0.15, 0.2) is 28.7 Å². The summed E-state index contributed by atoms with van der Waals surface area (Å²) in [7, 11) is 0. The predicted molar refractivity (Wildman–Crippen MR) is 74.6 cm³/mol. The van der Waals surface area contributed by atoms with Crippen LogP contribution in [0.2, 0.25) is 15.1 Å². The minimum absolute atomic E-state index is 0.142. The first-order chi connectivity index (χ1) is 8.61. The average Bonchev–Trinajstić information content (AvgIpc) is 2.79. The largest absolute Gasteiger partial charge is 0.461 e. The number of rotatable bonds is 4. The van der Waals surface area contributed by atoms with Gasteiger partial charge in [-0.25, -0.2) is 0 Å². The number of furan rings is 1. The molecule has 0 unspecified atom stereocenters. The van der Waals surface area contributed by atoms with E-state index in [1.54, 1.807) is 12.1 Å². The van der Waals surface area contributed by atoms with Crippen molar-refractivity contribution in [1.82, 2.24) is 0 Å². The van der Waals surface area contributed by atoms with Gasteiger partial charge >= 0.3 is 0 Å². The van der Waals surface area contributed by atoms with Crippen molar-refractivity contribution in [2.45, 2.75) is 12.8 Å². The normalized spacial score (nSPS) is 10.9. The van der Waals surface area contributed by atoms with Crippen LogP contribution in [-0.2, 0) is 6.42 Å². The van der Waals surface area contributed by atoms with Gasteiger partial charge in [-0.3, -0.25) is 0 Å². The smallest absolute Gasteiger partial charge is 0.135 e. The lowest BCUT2D eigenvalue weighted by molar-refractivity contribution is 0.284. The van der Waals surface area contributed by atoms with E-state index in [4.69, 9.17) is 44.3 Å². The molecular formula is C13H11Cl3O2. The summed E-state index contributed by atoms with van der Waals surface area (Å²) in [6, 6.07) is 6.97. The first-order valence-electron chi connectivity index (χ1n) is 5.46. The van der Waals surface area contributed by atoms with Crippen molar-refractivity contribution in [3.8, 4) is 11.3 Å². The Labute approximate surface area is 120 Å². The van der Waals surface area contributed by atoms with Crippen molar-refractivity contribution in [2.75, 3.05) is 6.61 Å². The van der Waals surface area contributed by atoms with Crippen molar-refractivity contribution in [3.63, 3.8) is 0 Å². The van der Waals surface area contributed by atoms with Crippen molar-refractivity contribution in [2.24, 2.45) is 0 Å². The van der Waals surface area contributed by atoms with Crippen LogP contribution in [0.3, 0.4) is 0 Å². The Bertz CT molecular complexity index is 549. The predicted octanol–water partition coefficient (Wildman–Crippen LogP) is 4.83. The maximum atomic E-state index is 8.77. The van der Waals surface area contributed by atoms with E-state index in [0.29, 0.717) is 39.2 Å². The molecule has 0 atom stereocenters. The minimum atomic E-state index is 0.142. The third-order valence-corrected chi connectivity index (χ3v) is 3.55. The van der Waals surface area contributed by atoms with Gasteiger partial charge in [0.15, 0.2) is 0 Å². The summed E-state index contributed by atoms with van der Waals surface area (Å²) < 4.78 is 5.65. The molecule has 1 N–H and O–H groups in total. The zero-order valence-corrected chi connectivity index (χ0v) is 11.7. The highest BCUT2D eigenvalue weighted by Gasteiger charge is 2.11. The number of hydrogen-bond acceptors (Lipinski definition) is 2. The summed E-state index contributed by atoms with van der Waals surface area (Å²) in [4.78, 5) is 0. The molecule has 18 heavy (non-hydrogen) atoms. The molecule has 0 aliphatic heterocycles. The molecule has 1 aromatic heterocycles. The van der Waals surface area contributed by atoms with Gasteiger partial charge in [0.05, 0.1) is 15.1 Å². The van der Waals surface area contributed by atoms with Crippen LogP contribution in [0, 0.1) is 0 Å². The molecule has 1 aromatic carbocycles. The lowest BCUT2D eigenvalue weighted by Crippen LogP contribution is -1.86. The van der Waals surface area contributed by atoms with Gasteiger partial charge in [0.1, 0.15) is 11.5 Å². The lowest BCUT2D eigenvalue weighted by atomic mass is 10.2. The number of halogens is 3. The monoisotopic (exact) mass is 304 g/mol. The molecule has 5 heteroatoms. The molecule has 0 radical (unpaired) electrons. The van der Waals surface area contributed by atoms with E-state index in [1.165, 1.54) is 0 Å². The standard InChI is InChI=1S/C13H11Cl3O2/c14-10-7-12(16)11(15)6-9(10)13-4-3-8(18-13)2-1-5-17/h3-4,6-7,17H,1-2,5H2. The van der Waals surface area contributed by atoms with Gasteiger partial charge in [-0.1, -0.05) is 34.8 Å². The third kappa shape index (κ3) is 3.01. The topological polar surface area (TPSA) is 33.4 Å². The van der Waals surface area contributed by atoms with Crippen LogP contribution in [-0.4, -0.2) is 11.7 Å². The summed E-state index contributed by atoms with van der Waals surface area (Å²) in [5, 5.41) is 10.1. The van der Waals surface area contributed by atoms with E-state index < -0.39 is 0 Å². The molecule has 0 spiro atoms. The zero-order chi connectivity index (χ0) is 13.1. The van der Waals surface area contributed by atoms with Crippen LogP contribution >= 0.6 is 34.8 Å². The van der Waals surface area contributed by atoms with Crippen molar-refractivity contribution < 1.29 is 9.52 Å². The van der Waals surface area contributed by atoms with E-state index in [0.717, 1.165) is 5.76 Å². The molecule has 2 nitrogen and oxygen atoms in total. The van der Waals surface area contributed by atoms with Gasteiger partial charge in [0.25, 0.3) is 0 Å². The van der Waals surface area contributed by atoms with E-state index in [-0.39, 0.29) is 6.61 Å². The Kier molecular flexibility index (Phi) is 4.57. The molecule has 0 bridgehead atoms. The molecule has 2 rings (SSSR count). The van der Waals surface area contributed by atoms with Crippen LogP contribution in [0.5, 0.6) is 0 Å². The van der Waals surface area contributed by atoms with Gasteiger partial charge in [0, 0.05) is 18.6 Å². The van der Waals surface area contributed by atoms with Crippen LogP contribution < -0.4 is 0 Å². The SMILES string of the molecule is OCCCc1ccc(-c2cc(Cl)c(Cl)cc2Cl)o1. The highest BCUT2D eigenvalue weighted by atomic mass is 35.5. The third-order valence-electron chi connectivity index (χ3n) is 2.52. The Hall–Kier alpha value is -0.670. The second-order valence-electron chi connectivity index (χ2n) is 3.84. The van der Waals surface area contributed by atoms with Crippen molar-refractivity contribution in [3.05, 3.63) is 45.1 Å². The van der Waals surface area contributed by atoms with E-state index in [1.807, 2.05) is 12.1 Å². The molecule has 0 aliphatic carbocycles. The average molecular weight is 306 g/mol. The number of aryl methyl sites for hydroxylation is 1. The van der Waals surface area contributed by atoms with Gasteiger partial charge in [-0.15, -0.1) is 0 Å². The molecule has 0 aliphatic rings. The fourth-order valence-corrected chi connectivity index (χ4v) is 2.26. The van der Waals surface area contributed by atoms with Gasteiger partial charge in [-0.2, -0.15) is 0 Å². The summed E-state index contributed by atoms with van der Waals surface area (Å²) in [6.07, 6.45) is 1.36. The van der Waals surface area contributed by atoms with E-state index in [2.05, 4.69) is 0 Å². The van der Waals surface area contributed by atoms with Crippen LogP contribution in [0.4, 0.5) is 0 Å². The summed E-state index contributed by atoms with van der Waals surface area (Å²) in [5.41, 5.74) is 0.710. The molecule has 96 valence electrons. The molecular weight excluding hydrogens is 294 g/mol. The van der Waals surface area contributed by atoms with Crippen molar-refractivity contribution in [1.29, 1.82) is 0 Å². The number of benzene rings is 1. The Morgan fingerprint density at radius 1 is 1.00 bits per heavy atom. The molecule has 2 aromatic rings. The molecule has 0 fully saturated rings. The maximum absolute atomic E-state index is 8.77. The van der Waals surface area contributed by atoms with E-state index in [9.17, 15) is 0 Å². The maximum Gasteiger partial charge on any atom is 0.135 e. The molecule has 0 saturated heterocycles. The highest BCUT2D eigenvalue weighted by Crippen LogP contribution is 2.36. The second-order valence-corrected chi connectivity index (χ2v) is 5.06. The first kappa shape index (κ1) is 13.8. The lowest BCUT2D eigenvalue weighted by Gasteiger charge is -2.03. The number of aliphatic hydroxyl groups is 1. The summed E-state index contributed by atoms with van der Waals surface area (Å²) in [6.45, 7) is 0.142. The van der Waals surface area contributed by atoms with Crippen LogP contribution in [0.1, 0.15) is 12.2 Å². The Balaban J connectivity index is 2.31. The Morgan fingerprint density at radius 2 is 1.72 bits per heavy atom. The molecule has 0 saturated carbocycles. The summed E-state index contributed by atoms with van der Waals surface area (Å²) >= 11 is 17.9. The molecule has 1 heterocycles. The van der Waals surface area contributed by atoms with Crippen molar-refractivity contribution >= 4 is 34.8 Å². The molecule has 0 amide bonds. The number of aliphatic hydroxyl groups excluding tert-OH is 1. The van der Waals surface area contributed by atoms with Crippen LogP contribution in [0.25, 0.3) is 11.3 Å². The van der Waals surface area contributed by atoms with E-state index >= 15 is 0 Å². The second kappa shape index (κ2) is 5.98. The van der Waals surface area contributed by atoms with Gasteiger partial charge in [-0.05, 0) is 30.7 Å². The fourth-order valence-electron chi connectivity index (χ4n) is 1.62. The van der Waals surface area contributed by atoms with Gasteiger partial charge < -0.3 is 9.52 Å². The number of hydrogen-bond donors (Lipinski definition) is 1. The zero-order valence-electron chi connectivity index (χ0n) is 9.42. The summed E-state index contributed by atoms with van der Waals surface area (Å²) in [5.74, 6) is 1.45. The Morgan fingerprint density at radius 3 is 2.44 bits per heavy atom. The highest BCUT2D eigenvalue weighted by molar-refractivity contribution is 6.44. The van der Waals surface area contributed by atoms with Gasteiger partial charge in [0.2, 0.25) is 0 Å². The fraction of sp³-hybridized carbons (Fsp3) is 0.231. The first-order valence-corrected chi connectivity index (χ1v) is 6.59.